The van der Waals surface area contributed by atoms with Crippen molar-refractivity contribution in [2.45, 2.75) is 24.3 Å². The van der Waals surface area contributed by atoms with E-state index in [0.29, 0.717) is 5.56 Å². The number of hydrogen-bond acceptors (Lipinski definition) is 4. The molecular weight excluding hydrogens is 245 g/mol. The van der Waals surface area contributed by atoms with Gasteiger partial charge in [0.2, 0.25) is 0 Å². The molecule has 0 bridgehead atoms. The van der Waals surface area contributed by atoms with E-state index in [-0.39, 0.29) is 10.6 Å². The van der Waals surface area contributed by atoms with Crippen LogP contribution in [-0.4, -0.2) is 21.8 Å². The summed E-state index contributed by atoms with van der Waals surface area (Å²) < 4.78 is 41.6. The zero-order valence-electron chi connectivity index (χ0n) is 10.2. The maximum absolute atomic E-state index is 13.4. The molecule has 2 N–H and O–H groups in total. The van der Waals surface area contributed by atoms with E-state index in [1.165, 1.54) is 13.2 Å². The van der Waals surface area contributed by atoms with Gasteiger partial charge in [-0.15, -0.1) is 0 Å². The summed E-state index contributed by atoms with van der Waals surface area (Å²) in [6.07, 6.45) is 0.998. The van der Waals surface area contributed by atoms with Crippen LogP contribution in [0.25, 0.3) is 0 Å². The SMILES string of the molecule is COc1c(C(C)(C)N)cc(F)cc1S(C)(=O)=O. The van der Waals surface area contributed by atoms with Gasteiger partial charge in [0.25, 0.3) is 0 Å². The lowest BCUT2D eigenvalue weighted by Crippen LogP contribution is -2.30. The Morgan fingerprint density at radius 1 is 1.35 bits per heavy atom. The van der Waals surface area contributed by atoms with Gasteiger partial charge < -0.3 is 10.5 Å². The monoisotopic (exact) mass is 261 g/mol. The summed E-state index contributed by atoms with van der Waals surface area (Å²) in [5.41, 5.74) is 5.30. The first-order valence-corrected chi connectivity index (χ1v) is 6.83. The first-order valence-electron chi connectivity index (χ1n) is 4.94. The summed E-state index contributed by atoms with van der Waals surface area (Å²) in [4.78, 5) is -0.187. The molecule has 1 rings (SSSR count). The molecular formula is C11H16FNO3S. The summed E-state index contributed by atoms with van der Waals surface area (Å²) in [5, 5.41) is 0. The zero-order valence-corrected chi connectivity index (χ0v) is 11.1. The molecule has 1 aromatic carbocycles. The van der Waals surface area contributed by atoms with Crippen molar-refractivity contribution in [2.75, 3.05) is 13.4 Å². The Hall–Kier alpha value is -1.14. The quantitative estimate of drug-likeness (QED) is 0.893. The van der Waals surface area contributed by atoms with Crippen LogP contribution in [0, 0.1) is 5.82 Å². The maximum atomic E-state index is 13.4. The Morgan fingerprint density at radius 2 is 1.88 bits per heavy atom. The van der Waals surface area contributed by atoms with E-state index in [9.17, 15) is 12.8 Å². The molecule has 0 radical (unpaired) electrons. The number of ether oxygens (including phenoxy) is 1. The van der Waals surface area contributed by atoms with Crippen LogP contribution in [-0.2, 0) is 15.4 Å². The molecule has 1 aromatic rings. The predicted octanol–water partition coefficient (Wildman–Crippen LogP) is 1.43. The van der Waals surface area contributed by atoms with E-state index in [1.54, 1.807) is 13.8 Å². The van der Waals surface area contributed by atoms with E-state index in [0.717, 1.165) is 12.3 Å². The van der Waals surface area contributed by atoms with Gasteiger partial charge in [0.1, 0.15) is 16.5 Å². The van der Waals surface area contributed by atoms with Gasteiger partial charge in [0.05, 0.1) is 7.11 Å². The molecule has 6 heteroatoms. The molecule has 0 spiro atoms. The normalized spacial score (nSPS) is 12.6. The first-order chi connectivity index (χ1) is 7.57. The minimum Gasteiger partial charge on any atom is -0.495 e. The molecule has 0 aliphatic rings. The summed E-state index contributed by atoms with van der Waals surface area (Å²) in [6.45, 7) is 3.30. The predicted molar refractivity (Wildman–Crippen MR) is 63.3 cm³/mol. The fraction of sp³-hybridized carbons (Fsp3) is 0.455. The van der Waals surface area contributed by atoms with Crippen LogP contribution >= 0.6 is 0 Å². The Labute approximate surface area is 101 Å². The van der Waals surface area contributed by atoms with Crippen molar-refractivity contribution >= 4 is 9.84 Å². The van der Waals surface area contributed by atoms with Gasteiger partial charge in [-0.25, -0.2) is 12.8 Å². The second-order valence-electron chi connectivity index (χ2n) is 4.48. The van der Waals surface area contributed by atoms with Crippen molar-refractivity contribution in [1.29, 1.82) is 0 Å². The third-order valence-electron chi connectivity index (χ3n) is 2.32. The Bertz CT molecular complexity index is 532. The van der Waals surface area contributed by atoms with Crippen LogP contribution in [0.1, 0.15) is 19.4 Å². The van der Waals surface area contributed by atoms with E-state index in [2.05, 4.69) is 0 Å². The number of nitrogens with two attached hydrogens (primary N) is 1. The molecule has 0 amide bonds. The van der Waals surface area contributed by atoms with Crippen molar-refractivity contribution < 1.29 is 17.5 Å². The molecule has 0 aromatic heterocycles. The number of benzene rings is 1. The largest absolute Gasteiger partial charge is 0.495 e. The molecule has 0 aliphatic heterocycles. The van der Waals surface area contributed by atoms with E-state index < -0.39 is 21.2 Å². The van der Waals surface area contributed by atoms with Crippen LogP contribution in [0.4, 0.5) is 4.39 Å². The summed E-state index contributed by atoms with van der Waals surface area (Å²) in [5.74, 6) is -0.554. The summed E-state index contributed by atoms with van der Waals surface area (Å²) in [7, 11) is -2.24. The van der Waals surface area contributed by atoms with Crippen molar-refractivity contribution in [1.82, 2.24) is 0 Å². The van der Waals surface area contributed by atoms with Crippen LogP contribution in [0.15, 0.2) is 17.0 Å². The molecule has 0 aliphatic carbocycles. The average molecular weight is 261 g/mol. The highest BCUT2D eigenvalue weighted by Gasteiger charge is 2.26. The number of rotatable bonds is 3. The minimum absolute atomic E-state index is 0.0985. The molecule has 96 valence electrons. The van der Waals surface area contributed by atoms with Gasteiger partial charge in [-0.3, -0.25) is 0 Å². The average Bonchev–Trinajstić information content (AvgIpc) is 2.13. The van der Waals surface area contributed by atoms with Crippen molar-refractivity contribution in [3.63, 3.8) is 0 Å². The molecule has 0 atom stereocenters. The minimum atomic E-state index is -3.57. The Kier molecular flexibility index (Phi) is 3.50. The van der Waals surface area contributed by atoms with E-state index >= 15 is 0 Å². The molecule has 17 heavy (non-hydrogen) atoms. The Morgan fingerprint density at radius 3 is 2.24 bits per heavy atom. The van der Waals surface area contributed by atoms with E-state index in [1.807, 2.05) is 0 Å². The van der Waals surface area contributed by atoms with Crippen LogP contribution in [0.5, 0.6) is 5.75 Å². The molecule has 0 unspecified atom stereocenters. The first kappa shape index (κ1) is 13.9. The van der Waals surface area contributed by atoms with Crippen molar-refractivity contribution in [2.24, 2.45) is 5.73 Å². The number of halogens is 1. The van der Waals surface area contributed by atoms with Gasteiger partial charge in [-0.05, 0) is 26.0 Å². The molecule has 0 saturated heterocycles. The third kappa shape index (κ3) is 2.95. The molecule has 0 fully saturated rings. The highest BCUT2D eigenvalue weighted by atomic mass is 32.2. The lowest BCUT2D eigenvalue weighted by molar-refractivity contribution is 0.380. The summed E-state index contributed by atoms with van der Waals surface area (Å²) >= 11 is 0. The zero-order chi connectivity index (χ0) is 13.4. The lowest BCUT2D eigenvalue weighted by Gasteiger charge is -2.23. The van der Waals surface area contributed by atoms with Crippen molar-refractivity contribution in [3.05, 3.63) is 23.5 Å². The second-order valence-corrected chi connectivity index (χ2v) is 6.46. The third-order valence-corrected chi connectivity index (χ3v) is 3.42. The second kappa shape index (κ2) is 4.27. The fourth-order valence-corrected chi connectivity index (χ4v) is 2.39. The lowest BCUT2D eigenvalue weighted by atomic mass is 9.94. The number of methoxy groups -OCH3 is 1. The van der Waals surface area contributed by atoms with Crippen LogP contribution in [0.2, 0.25) is 0 Å². The summed E-state index contributed by atoms with van der Waals surface area (Å²) in [6, 6.07) is 2.12. The Balaban J connectivity index is 3.70. The standard InChI is InChI=1S/C11H16FNO3S/c1-11(2,13)8-5-7(12)6-9(10(8)16-3)17(4,14)15/h5-6H,13H2,1-4H3. The molecule has 0 saturated carbocycles. The molecule has 0 heterocycles. The van der Waals surface area contributed by atoms with Crippen molar-refractivity contribution in [3.8, 4) is 5.75 Å². The van der Waals surface area contributed by atoms with E-state index in [4.69, 9.17) is 10.5 Å². The number of sulfone groups is 1. The van der Waals surface area contributed by atoms with Crippen LogP contribution in [0.3, 0.4) is 0 Å². The maximum Gasteiger partial charge on any atom is 0.179 e. The smallest absolute Gasteiger partial charge is 0.179 e. The number of hydrogen-bond donors (Lipinski definition) is 1. The van der Waals surface area contributed by atoms with Gasteiger partial charge in [0.15, 0.2) is 9.84 Å². The fourth-order valence-electron chi connectivity index (χ4n) is 1.53. The highest BCUT2D eigenvalue weighted by molar-refractivity contribution is 7.90. The van der Waals surface area contributed by atoms with Gasteiger partial charge in [0, 0.05) is 17.4 Å². The van der Waals surface area contributed by atoms with Gasteiger partial charge >= 0.3 is 0 Å². The van der Waals surface area contributed by atoms with Gasteiger partial charge in [-0.2, -0.15) is 0 Å². The van der Waals surface area contributed by atoms with Crippen LogP contribution < -0.4 is 10.5 Å². The molecule has 4 nitrogen and oxygen atoms in total. The topological polar surface area (TPSA) is 69.4 Å². The highest BCUT2D eigenvalue weighted by Crippen LogP contribution is 2.34. The van der Waals surface area contributed by atoms with Gasteiger partial charge in [-0.1, -0.05) is 0 Å².